The van der Waals surface area contributed by atoms with Gasteiger partial charge in [0, 0.05) is 24.4 Å². The van der Waals surface area contributed by atoms with Crippen LogP contribution in [-0.2, 0) is 4.79 Å². The fourth-order valence-electron chi connectivity index (χ4n) is 2.56. The number of anilines is 2. The molecule has 3 rings (SSSR count). The highest BCUT2D eigenvalue weighted by molar-refractivity contribution is 5.90. The zero-order valence-corrected chi connectivity index (χ0v) is 14.5. The van der Waals surface area contributed by atoms with Gasteiger partial charge in [0.2, 0.25) is 5.91 Å². The van der Waals surface area contributed by atoms with E-state index in [0.717, 1.165) is 5.56 Å². The number of carbonyl (C=O) groups is 2. The smallest absolute Gasteiger partial charge is 0.395 e. The molecule has 3 amide bonds. The van der Waals surface area contributed by atoms with Crippen LogP contribution in [0.3, 0.4) is 0 Å². The molecule has 9 heteroatoms. The molecule has 3 N–H and O–H groups in total. The number of nitrogens with one attached hydrogen (secondary N) is 3. The van der Waals surface area contributed by atoms with Gasteiger partial charge in [-0.25, -0.2) is 4.79 Å². The molecule has 1 heterocycles. The van der Waals surface area contributed by atoms with E-state index in [1.165, 1.54) is 25.1 Å². The maximum Gasteiger partial charge on any atom is 0.586 e. The second-order valence-electron chi connectivity index (χ2n) is 5.96. The van der Waals surface area contributed by atoms with Crippen LogP contribution >= 0.6 is 0 Å². The van der Waals surface area contributed by atoms with Crippen LogP contribution in [-0.4, -0.2) is 18.2 Å². The number of fused-ring (bicyclic) bond motifs is 1. The fraction of sp³-hybridized carbons (Fsp3) is 0.222. The Labute approximate surface area is 153 Å². The molecule has 0 aromatic heterocycles. The third-order valence-electron chi connectivity index (χ3n) is 3.71. The Morgan fingerprint density at radius 1 is 1.00 bits per heavy atom. The van der Waals surface area contributed by atoms with E-state index in [2.05, 4.69) is 25.4 Å². The van der Waals surface area contributed by atoms with Crippen molar-refractivity contribution >= 4 is 23.3 Å². The van der Waals surface area contributed by atoms with Crippen LogP contribution < -0.4 is 25.4 Å². The summed E-state index contributed by atoms with van der Waals surface area (Å²) in [6.45, 7) is 3.18. The van der Waals surface area contributed by atoms with Crippen molar-refractivity contribution in [1.82, 2.24) is 5.32 Å². The van der Waals surface area contributed by atoms with Crippen molar-refractivity contribution in [3.8, 4) is 11.5 Å². The first-order valence-electron chi connectivity index (χ1n) is 8.07. The van der Waals surface area contributed by atoms with E-state index < -0.39 is 12.3 Å². The third-order valence-corrected chi connectivity index (χ3v) is 3.71. The molecule has 2 aromatic rings. The van der Waals surface area contributed by atoms with Gasteiger partial charge in [0.25, 0.3) is 0 Å². The molecule has 0 saturated carbocycles. The second-order valence-corrected chi connectivity index (χ2v) is 5.96. The third kappa shape index (κ3) is 4.63. The van der Waals surface area contributed by atoms with Gasteiger partial charge < -0.3 is 25.4 Å². The summed E-state index contributed by atoms with van der Waals surface area (Å²) in [5.74, 6) is -0.457. The summed E-state index contributed by atoms with van der Waals surface area (Å²) in [4.78, 5) is 23.3. The maximum absolute atomic E-state index is 13.0. The van der Waals surface area contributed by atoms with Gasteiger partial charge in [0.15, 0.2) is 11.5 Å². The first-order valence-corrected chi connectivity index (χ1v) is 8.07. The van der Waals surface area contributed by atoms with Gasteiger partial charge in [-0.3, -0.25) is 4.79 Å². The van der Waals surface area contributed by atoms with Gasteiger partial charge in [-0.1, -0.05) is 12.1 Å². The van der Waals surface area contributed by atoms with Crippen LogP contribution in [0.1, 0.15) is 25.5 Å². The summed E-state index contributed by atoms with van der Waals surface area (Å²) in [6.07, 6.45) is -3.71. The van der Waals surface area contributed by atoms with E-state index in [9.17, 15) is 18.4 Å². The Morgan fingerprint density at radius 2 is 1.70 bits per heavy atom. The SMILES string of the molecule is CC(=O)Nc1cccc([C@H](C)NC(=O)Nc2ccc3c(c2)OC(F)(F)O3)c1. The maximum atomic E-state index is 13.0. The van der Waals surface area contributed by atoms with E-state index >= 15 is 0 Å². The number of halogens is 2. The lowest BCUT2D eigenvalue weighted by atomic mass is 10.1. The zero-order chi connectivity index (χ0) is 19.6. The summed E-state index contributed by atoms with van der Waals surface area (Å²) >= 11 is 0. The van der Waals surface area contributed by atoms with Crippen molar-refractivity contribution in [2.75, 3.05) is 10.6 Å². The molecule has 0 bridgehead atoms. The number of urea groups is 1. The van der Waals surface area contributed by atoms with E-state index in [-0.39, 0.29) is 29.1 Å². The normalized spacial score (nSPS) is 15.0. The van der Waals surface area contributed by atoms with Gasteiger partial charge in [0.1, 0.15) is 0 Å². The number of ether oxygens (including phenoxy) is 2. The molecular weight excluding hydrogens is 360 g/mol. The predicted molar refractivity (Wildman–Crippen MR) is 94.0 cm³/mol. The fourth-order valence-corrected chi connectivity index (χ4v) is 2.56. The standard InChI is InChI=1S/C18H17F2N3O4/c1-10(12-4-3-5-13(8-12)22-11(2)24)21-17(25)23-14-6-7-15-16(9-14)27-18(19,20)26-15/h3-10H,1-2H3,(H,22,24)(H2,21,23,25)/t10-/m0/s1. The Hall–Kier alpha value is -3.36. The lowest BCUT2D eigenvalue weighted by Gasteiger charge is -2.16. The lowest BCUT2D eigenvalue weighted by molar-refractivity contribution is -0.286. The molecule has 1 aliphatic heterocycles. The molecule has 27 heavy (non-hydrogen) atoms. The number of alkyl halides is 2. The van der Waals surface area contributed by atoms with Gasteiger partial charge in [-0.2, -0.15) is 0 Å². The minimum atomic E-state index is -3.71. The van der Waals surface area contributed by atoms with Crippen LogP contribution in [0.5, 0.6) is 11.5 Å². The number of carbonyl (C=O) groups excluding carboxylic acids is 2. The zero-order valence-electron chi connectivity index (χ0n) is 14.5. The highest BCUT2D eigenvalue weighted by atomic mass is 19.3. The predicted octanol–water partition coefficient (Wildman–Crippen LogP) is 3.85. The summed E-state index contributed by atoms with van der Waals surface area (Å²) in [5.41, 5.74) is 1.67. The molecule has 7 nitrogen and oxygen atoms in total. The second kappa shape index (κ2) is 7.10. The monoisotopic (exact) mass is 377 g/mol. The molecule has 1 atom stereocenters. The highest BCUT2D eigenvalue weighted by Gasteiger charge is 2.43. The molecule has 0 unspecified atom stereocenters. The minimum absolute atomic E-state index is 0.103. The molecule has 0 fully saturated rings. The van der Waals surface area contributed by atoms with Crippen molar-refractivity contribution in [1.29, 1.82) is 0 Å². The van der Waals surface area contributed by atoms with Crippen LogP contribution in [0, 0.1) is 0 Å². The van der Waals surface area contributed by atoms with Crippen molar-refractivity contribution < 1.29 is 27.8 Å². The number of hydrogen-bond acceptors (Lipinski definition) is 4. The largest absolute Gasteiger partial charge is 0.586 e. The Morgan fingerprint density at radius 3 is 2.44 bits per heavy atom. The van der Waals surface area contributed by atoms with Gasteiger partial charge in [0.05, 0.1) is 6.04 Å². The molecule has 0 radical (unpaired) electrons. The van der Waals surface area contributed by atoms with Gasteiger partial charge in [-0.05, 0) is 36.8 Å². The number of benzene rings is 2. The number of rotatable bonds is 4. The summed E-state index contributed by atoms with van der Waals surface area (Å²) in [6, 6.07) is 10.1. The van der Waals surface area contributed by atoms with Crippen LogP contribution in [0.4, 0.5) is 25.0 Å². The highest BCUT2D eigenvalue weighted by Crippen LogP contribution is 2.42. The van der Waals surface area contributed by atoms with Crippen molar-refractivity contribution in [3.05, 3.63) is 48.0 Å². The first-order chi connectivity index (χ1) is 12.7. The Bertz CT molecular complexity index is 889. The quantitative estimate of drug-likeness (QED) is 0.755. The average molecular weight is 377 g/mol. The van der Waals surface area contributed by atoms with Gasteiger partial charge >= 0.3 is 12.3 Å². The number of amides is 3. The van der Waals surface area contributed by atoms with E-state index in [1.54, 1.807) is 31.2 Å². The van der Waals surface area contributed by atoms with Crippen molar-refractivity contribution in [2.24, 2.45) is 0 Å². The molecule has 0 spiro atoms. The van der Waals surface area contributed by atoms with Crippen molar-refractivity contribution in [2.45, 2.75) is 26.2 Å². The molecular formula is C18H17F2N3O4. The van der Waals surface area contributed by atoms with E-state index in [0.29, 0.717) is 5.69 Å². The van der Waals surface area contributed by atoms with Crippen LogP contribution in [0.25, 0.3) is 0 Å². The Balaban J connectivity index is 1.62. The van der Waals surface area contributed by atoms with Crippen LogP contribution in [0.2, 0.25) is 0 Å². The topological polar surface area (TPSA) is 88.7 Å². The minimum Gasteiger partial charge on any atom is -0.395 e. The lowest BCUT2D eigenvalue weighted by Crippen LogP contribution is -2.31. The number of hydrogen-bond donors (Lipinski definition) is 3. The molecule has 0 aliphatic carbocycles. The Kier molecular flexibility index (Phi) is 4.85. The molecule has 0 saturated heterocycles. The van der Waals surface area contributed by atoms with Gasteiger partial charge in [-0.15, -0.1) is 8.78 Å². The molecule has 142 valence electrons. The van der Waals surface area contributed by atoms with Crippen molar-refractivity contribution in [3.63, 3.8) is 0 Å². The summed E-state index contributed by atoms with van der Waals surface area (Å²) in [7, 11) is 0. The molecule has 2 aromatic carbocycles. The first kappa shape index (κ1) is 18.4. The van der Waals surface area contributed by atoms with E-state index in [1.807, 2.05) is 0 Å². The average Bonchev–Trinajstić information content (AvgIpc) is 2.87. The van der Waals surface area contributed by atoms with E-state index in [4.69, 9.17) is 0 Å². The molecule has 1 aliphatic rings. The van der Waals surface area contributed by atoms with Crippen LogP contribution in [0.15, 0.2) is 42.5 Å². The summed E-state index contributed by atoms with van der Waals surface area (Å²) < 4.78 is 34.7. The summed E-state index contributed by atoms with van der Waals surface area (Å²) in [5, 5.41) is 7.94.